The fraction of sp³-hybridized carbons (Fsp3) is 0.200. The van der Waals surface area contributed by atoms with Gasteiger partial charge < -0.3 is 10.5 Å². The molecule has 0 saturated heterocycles. The molecule has 0 unspecified atom stereocenters. The molecule has 0 aromatic heterocycles. The number of ether oxygens (including phenoxy) is 1. The van der Waals surface area contributed by atoms with Gasteiger partial charge in [-0.05, 0) is 6.07 Å². The maximum atomic E-state index is 11.3. The topological polar surface area (TPSA) is 64.7 Å². The predicted octanol–water partition coefficient (Wildman–Crippen LogP) is 0.861. The van der Waals surface area contributed by atoms with Gasteiger partial charge in [-0.1, -0.05) is 18.2 Å². The second kappa shape index (κ2) is 4.41. The average Bonchev–Trinajstić information content (AvgIpc) is 2.21. The normalized spacial score (nSPS) is 11.1. The van der Waals surface area contributed by atoms with Gasteiger partial charge in [0.2, 0.25) is 0 Å². The number of nitrogen functional groups attached to an aromatic ring is 1. The maximum absolute atomic E-state index is 11.3. The summed E-state index contributed by atoms with van der Waals surface area (Å²) in [6.45, 7) is 0. The Labute approximate surface area is 82.4 Å². The van der Waals surface area contributed by atoms with E-state index in [9.17, 15) is 4.79 Å². The molecule has 0 fully saturated rings. The van der Waals surface area contributed by atoms with Crippen LogP contribution in [-0.4, -0.2) is 25.8 Å². The summed E-state index contributed by atoms with van der Waals surface area (Å²) < 4.78 is 4.59. The first-order valence-electron chi connectivity index (χ1n) is 4.10. The molecule has 1 aromatic rings. The molecule has 0 aliphatic heterocycles. The van der Waals surface area contributed by atoms with E-state index in [1.54, 1.807) is 24.3 Å². The second-order valence-electron chi connectivity index (χ2n) is 2.65. The van der Waals surface area contributed by atoms with Crippen molar-refractivity contribution in [1.29, 1.82) is 0 Å². The van der Waals surface area contributed by atoms with Crippen molar-refractivity contribution in [2.24, 2.45) is 4.99 Å². The highest BCUT2D eigenvalue weighted by Gasteiger charge is 2.15. The van der Waals surface area contributed by atoms with E-state index in [1.165, 1.54) is 14.2 Å². The first-order chi connectivity index (χ1) is 6.70. The number of nitrogens with two attached hydrogens (primary N) is 1. The number of aliphatic imine (C=N–C) groups is 1. The summed E-state index contributed by atoms with van der Waals surface area (Å²) in [6.07, 6.45) is 0. The molecule has 2 N–H and O–H groups in total. The minimum Gasteiger partial charge on any atom is -0.464 e. The van der Waals surface area contributed by atoms with E-state index in [-0.39, 0.29) is 5.71 Å². The third-order valence-corrected chi connectivity index (χ3v) is 1.82. The standard InChI is InChI=1S/C10H12N2O2/c1-12-9(10(13)14-2)7-5-3-4-6-8(7)11/h3-6H,11H2,1-2H3. The third kappa shape index (κ3) is 1.90. The van der Waals surface area contributed by atoms with E-state index < -0.39 is 5.97 Å². The van der Waals surface area contributed by atoms with Gasteiger partial charge in [-0.2, -0.15) is 0 Å². The van der Waals surface area contributed by atoms with Crippen molar-refractivity contribution in [3.05, 3.63) is 29.8 Å². The lowest BCUT2D eigenvalue weighted by Crippen LogP contribution is -2.18. The number of rotatable bonds is 2. The summed E-state index contributed by atoms with van der Waals surface area (Å²) in [5.74, 6) is -0.481. The first-order valence-corrected chi connectivity index (χ1v) is 4.10. The van der Waals surface area contributed by atoms with Crippen molar-refractivity contribution in [2.45, 2.75) is 0 Å². The van der Waals surface area contributed by atoms with Gasteiger partial charge in [0.1, 0.15) is 0 Å². The summed E-state index contributed by atoms with van der Waals surface area (Å²) in [7, 11) is 2.84. The highest BCUT2D eigenvalue weighted by Crippen LogP contribution is 2.12. The Hall–Kier alpha value is -1.84. The van der Waals surface area contributed by atoms with Gasteiger partial charge >= 0.3 is 5.97 Å². The Bertz CT molecular complexity index is 372. The van der Waals surface area contributed by atoms with Crippen LogP contribution in [0.4, 0.5) is 5.69 Å². The van der Waals surface area contributed by atoms with Crippen LogP contribution < -0.4 is 5.73 Å². The zero-order valence-corrected chi connectivity index (χ0v) is 8.15. The van der Waals surface area contributed by atoms with Crippen LogP contribution in [0.1, 0.15) is 5.56 Å². The molecule has 14 heavy (non-hydrogen) atoms. The number of nitrogens with zero attached hydrogens (tertiary/aromatic N) is 1. The van der Waals surface area contributed by atoms with E-state index in [0.29, 0.717) is 11.3 Å². The molecule has 1 aromatic carbocycles. The second-order valence-corrected chi connectivity index (χ2v) is 2.65. The Morgan fingerprint density at radius 2 is 2.07 bits per heavy atom. The molecule has 0 amide bonds. The number of para-hydroxylation sites is 1. The van der Waals surface area contributed by atoms with Gasteiger partial charge in [0.05, 0.1) is 7.11 Å². The number of carbonyl (C=O) groups excluding carboxylic acids is 1. The van der Waals surface area contributed by atoms with E-state index in [1.807, 2.05) is 0 Å². The quantitative estimate of drug-likeness (QED) is 0.429. The molecular weight excluding hydrogens is 180 g/mol. The summed E-state index contributed by atoms with van der Waals surface area (Å²) in [6, 6.07) is 7.03. The highest BCUT2D eigenvalue weighted by molar-refractivity contribution is 6.44. The van der Waals surface area contributed by atoms with E-state index in [4.69, 9.17) is 5.73 Å². The maximum Gasteiger partial charge on any atom is 0.356 e. The van der Waals surface area contributed by atoms with Crippen molar-refractivity contribution < 1.29 is 9.53 Å². The molecule has 0 heterocycles. The molecule has 0 radical (unpaired) electrons. The number of benzene rings is 1. The SMILES string of the molecule is CN=C(C(=O)OC)c1ccccc1N. The molecule has 0 aliphatic carbocycles. The van der Waals surface area contributed by atoms with Crippen molar-refractivity contribution in [3.8, 4) is 0 Å². The number of hydrogen-bond donors (Lipinski definition) is 1. The smallest absolute Gasteiger partial charge is 0.356 e. The van der Waals surface area contributed by atoms with Crippen molar-refractivity contribution in [1.82, 2.24) is 0 Å². The number of anilines is 1. The number of hydrogen-bond acceptors (Lipinski definition) is 4. The summed E-state index contributed by atoms with van der Waals surface area (Å²) in [5, 5.41) is 0. The molecule has 74 valence electrons. The average molecular weight is 192 g/mol. The van der Waals surface area contributed by atoms with Gasteiger partial charge in [-0.25, -0.2) is 4.79 Å². The van der Waals surface area contributed by atoms with Crippen molar-refractivity contribution in [2.75, 3.05) is 19.9 Å². The van der Waals surface area contributed by atoms with E-state index in [2.05, 4.69) is 9.73 Å². The van der Waals surface area contributed by atoms with Crippen LogP contribution in [0.3, 0.4) is 0 Å². The fourth-order valence-electron chi connectivity index (χ4n) is 1.13. The summed E-state index contributed by atoms with van der Waals surface area (Å²) >= 11 is 0. The lowest BCUT2D eigenvalue weighted by molar-refractivity contribution is -0.132. The Morgan fingerprint density at radius 3 is 2.57 bits per heavy atom. The molecule has 0 spiro atoms. The van der Waals surface area contributed by atoms with E-state index >= 15 is 0 Å². The minimum atomic E-state index is -0.481. The van der Waals surface area contributed by atoms with Gasteiger partial charge in [0.15, 0.2) is 5.71 Å². The molecule has 0 bridgehead atoms. The van der Waals surface area contributed by atoms with Crippen LogP contribution in [0.5, 0.6) is 0 Å². The van der Waals surface area contributed by atoms with Crippen LogP contribution in [0, 0.1) is 0 Å². The monoisotopic (exact) mass is 192 g/mol. The zero-order valence-electron chi connectivity index (χ0n) is 8.15. The molecule has 0 atom stereocenters. The van der Waals surface area contributed by atoms with E-state index in [0.717, 1.165) is 0 Å². The number of carbonyl (C=O) groups is 1. The highest BCUT2D eigenvalue weighted by atomic mass is 16.5. The van der Waals surface area contributed by atoms with Crippen LogP contribution >= 0.6 is 0 Å². The van der Waals surface area contributed by atoms with Crippen molar-refractivity contribution in [3.63, 3.8) is 0 Å². The first kappa shape index (κ1) is 10.2. The number of methoxy groups -OCH3 is 1. The lowest BCUT2D eigenvalue weighted by atomic mass is 10.1. The minimum absolute atomic E-state index is 0.241. The van der Waals surface area contributed by atoms with Crippen molar-refractivity contribution >= 4 is 17.4 Å². The number of esters is 1. The summed E-state index contributed by atoms with van der Waals surface area (Å²) in [5.41, 5.74) is 7.05. The predicted molar refractivity (Wildman–Crippen MR) is 55.3 cm³/mol. The molecule has 4 nitrogen and oxygen atoms in total. The summed E-state index contributed by atoms with van der Waals surface area (Å²) in [4.78, 5) is 15.1. The Morgan fingerprint density at radius 1 is 1.43 bits per heavy atom. The van der Waals surface area contributed by atoms with Gasteiger partial charge in [-0.3, -0.25) is 4.99 Å². The molecule has 1 rings (SSSR count). The lowest BCUT2D eigenvalue weighted by Gasteiger charge is -2.05. The molecule has 0 aliphatic rings. The van der Waals surface area contributed by atoms with Gasteiger partial charge in [-0.15, -0.1) is 0 Å². The fourth-order valence-corrected chi connectivity index (χ4v) is 1.13. The van der Waals surface area contributed by atoms with Gasteiger partial charge in [0.25, 0.3) is 0 Å². The van der Waals surface area contributed by atoms with Crippen LogP contribution in [0.2, 0.25) is 0 Å². The van der Waals surface area contributed by atoms with Crippen LogP contribution in [0.15, 0.2) is 29.3 Å². The Balaban J connectivity index is 3.15. The molecular formula is C10H12N2O2. The molecule has 0 saturated carbocycles. The Kier molecular flexibility index (Phi) is 3.23. The zero-order chi connectivity index (χ0) is 10.6. The van der Waals surface area contributed by atoms with Crippen LogP contribution in [0.25, 0.3) is 0 Å². The van der Waals surface area contributed by atoms with Crippen LogP contribution in [-0.2, 0) is 9.53 Å². The van der Waals surface area contributed by atoms with Gasteiger partial charge in [0, 0.05) is 18.3 Å². The third-order valence-electron chi connectivity index (χ3n) is 1.82. The largest absolute Gasteiger partial charge is 0.464 e. The molecule has 4 heteroatoms.